The molecule has 0 radical (unpaired) electrons. The van der Waals surface area contributed by atoms with Crippen molar-refractivity contribution in [2.24, 2.45) is 0 Å². The Morgan fingerprint density at radius 1 is 1.33 bits per heavy atom. The van der Waals surface area contributed by atoms with Crippen LogP contribution in [0.25, 0.3) is 0 Å². The summed E-state index contributed by atoms with van der Waals surface area (Å²) in [4.78, 5) is 0. The fourth-order valence-electron chi connectivity index (χ4n) is 1.97. The lowest BCUT2D eigenvalue weighted by atomic mass is 10.0. The Morgan fingerprint density at radius 2 is 2.06 bits per heavy atom. The van der Waals surface area contributed by atoms with Gasteiger partial charge in [0.15, 0.2) is 0 Å². The SMILES string of the molecule is CCCNC(CCC)c1cc(Br)c(F)cc1OC. The van der Waals surface area contributed by atoms with Gasteiger partial charge in [0.05, 0.1) is 11.6 Å². The molecule has 0 aliphatic carbocycles. The summed E-state index contributed by atoms with van der Waals surface area (Å²) in [5.74, 6) is 0.319. The Hall–Kier alpha value is -0.610. The molecule has 0 aromatic heterocycles. The number of hydrogen-bond donors (Lipinski definition) is 1. The molecule has 1 aromatic rings. The molecule has 0 saturated heterocycles. The molecule has 0 bridgehead atoms. The molecular formula is C14H21BrFNO. The number of benzene rings is 1. The Kier molecular flexibility index (Phi) is 6.65. The van der Waals surface area contributed by atoms with Crippen LogP contribution in [-0.4, -0.2) is 13.7 Å². The van der Waals surface area contributed by atoms with E-state index in [2.05, 4.69) is 35.1 Å². The largest absolute Gasteiger partial charge is 0.496 e. The highest BCUT2D eigenvalue weighted by Gasteiger charge is 2.17. The van der Waals surface area contributed by atoms with Crippen LogP contribution in [0.15, 0.2) is 16.6 Å². The molecule has 1 atom stereocenters. The van der Waals surface area contributed by atoms with E-state index in [4.69, 9.17) is 4.74 Å². The summed E-state index contributed by atoms with van der Waals surface area (Å²) < 4.78 is 19.3. The molecule has 0 aliphatic rings. The van der Waals surface area contributed by atoms with Crippen molar-refractivity contribution in [2.45, 2.75) is 39.2 Å². The normalized spacial score (nSPS) is 12.5. The third-order valence-corrected chi connectivity index (χ3v) is 3.47. The van der Waals surface area contributed by atoms with Crippen molar-refractivity contribution < 1.29 is 9.13 Å². The number of ether oxygens (including phenoxy) is 1. The molecule has 0 amide bonds. The van der Waals surface area contributed by atoms with E-state index >= 15 is 0 Å². The zero-order valence-electron chi connectivity index (χ0n) is 11.2. The minimum Gasteiger partial charge on any atom is -0.496 e. The van der Waals surface area contributed by atoms with Crippen molar-refractivity contribution in [3.63, 3.8) is 0 Å². The molecule has 1 aromatic carbocycles. The maximum absolute atomic E-state index is 13.5. The van der Waals surface area contributed by atoms with Gasteiger partial charge in [0, 0.05) is 17.7 Å². The van der Waals surface area contributed by atoms with Crippen LogP contribution in [0.3, 0.4) is 0 Å². The minimum absolute atomic E-state index is 0.210. The van der Waals surface area contributed by atoms with Crippen molar-refractivity contribution in [3.05, 3.63) is 28.0 Å². The van der Waals surface area contributed by atoms with E-state index in [0.29, 0.717) is 10.2 Å². The van der Waals surface area contributed by atoms with E-state index < -0.39 is 0 Å². The van der Waals surface area contributed by atoms with E-state index in [9.17, 15) is 4.39 Å². The summed E-state index contributed by atoms with van der Waals surface area (Å²) in [6.07, 6.45) is 3.15. The highest BCUT2D eigenvalue weighted by Crippen LogP contribution is 2.32. The van der Waals surface area contributed by atoms with E-state index in [0.717, 1.165) is 31.4 Å². The van der Waals surface area contributed by atoms with Crippen molar-refractivity contribution >= 4 is 15.9 Å². The van der Waals surface area contributed by atoms with E-state index in [1.165, 1.54) is 6.07 Å². The van der Waals surface area contributed by atoms with Crippen LogP contribution < -0.4 is 10.1 Å². The molecule has 0 spiro atoms. The highest BCUT2D eigenvalue weighted by atomic mass is 79.9. The van der Waals surface area contributed by atoms with Crippen molar-refractivity contribution in [3.8, 4) is 5.75 Å². The number of hydrogen-bond acceptors (Lipinski definition) is 2. The van der Waals surface area contributed by atoms with E-state index in [-0.39, 0.29) is 11.9 Å². The maximum atomic E-state index is 13.5. The van der Waals surface area contributed by atoms with Gasteiger partial charge >= 0.3 is 0 Å². The van der Waals surface area contributed by atoms with Gasteiger partial charge in [-0.25, -0.2) is 4.39 Å². The molecule has 1 rings (SSSR count). The summed E-state index contributed by atoms with van der Waals surface area (Å²) in [5.41, 5.74) is 1.01. The molecule has 0 saturated carbocycles. The second kappa shape index (κ2) is 7.74. The quantitative estimate of drug-likeness (QED) is 0.802. The van der Waals surface area contributed by atoms with Crippen molar-refractivity contribution in [1.29, 1.82) is 0 Å². The predicted molar refractivity (Wildman–Crippen MR) is 76.6 cm³/mol. The lowest BCUT2D eigenvalue weighted by molar-refractivity contribution is 0.390. The molecule has 102 valence electrons. The van der Waals surface area contributed by atoms with E-state index in [1.807, 2.05) is 6.07 Å². The number of halogens is 2. The Bertz CT molecular complexity index is 384. The molecule has 0 heterocycles. The summed E-state index contributed by atoms with van der Waals surface area (Å²) >= 11 is 3.24. The van der Waals surface area contributed by atoms with E-state index in [1.54, 1.807) is 7.11 Å². The van der Waals surface area contributed by atoms with Gasteiger partial charge in [0.25, 0.3) is 0 Å². The number of nitrogens with one attached hydrogen (secondary N) is 1. The Balaban J connectivity index is 3.04. The van der Waals surface area contributed by atoms with Gasteiger partial charge in [-0.3, -0.25) is 0 Å². The molecule has 1 N–H and O–H groups in total. The fourth-order valence-corrected chi connectivity index (χ4v) is 2.33. The van der Waals surface area contributed by atoms with Crippen LogP contribution in [0.4, 0.5) is 4.39 Å². The first-order valence-electron chi connectivity index (χ1n) is 6.40. The summed E-state index contributed by atoms with van der Waals surface area (Å²) in [7, 11) is 1.58. The molecule has 4 heteroatoms. The van der Waals surface area contributed by atoms with Gasteiger partial charge in [0.1, 0.15) is 11.6 Å². The minimum atomic E-state index is -0.290. The summed E-state index contributed by atoms with van der Waals surface area (Å²) in [6, 6.07) is 3.47. The summed E-state index contributed by atoms with van der Waals surface area (Å²) in [6.45, 7) is 5.22. The molecule has 0 fully saturated rings. The molecular weight excluding hydrogens is 297 g/mol. The molecule has 18 heavy (non-hydrogen) atoms. The second-order valence-electron chi connectivity index (χ2n) is 4.30. The zero-order chi connectivity index (χ0) is 13.5. The van der Waals surface area contributed by atoms with Crippen LogP contribution in [0.5, 0.6) is 5.75 Å². The average Bonchev–Trinajstić information content (AvgIpc) is 2.37. The topological polar surface area (TPSA) is 21.3 Å². The lowest BCUT2D eigenvalue weighted by Crippen LogP contribution is -2.22. The Labute approximate surface area is 117 Å². The predicted octanol–water partition coefficient (Wildman–Crippen LogP) is 4.44. The van der Waals surface area contributed by atoms with Crippen molar-refractivity contribution in [1.82, 2.24) is 5.32 Å². The lowest BCUT2D eigenvalue weighted by Gasteiger charge is -2.21. The maximum Gasteiger partial charge on any atom is 0.141 e. The molecule has 1 unspecified atom stereocenters. The van der Waals surface area contributed by atoms with Crippen molar-refractivity contribution in [2.75, 3.05) is 13.7 Å². The van der Waals surface area contributed by atoms with Gasteiger partial charge in [-0.1, -0.05) is 20.3 Å². The van der Waals surface area contributed by atoms with Crippen LogP contribution in [0.1, 0.15) is 44.7 Å². The first kappa shape index (κ1) is 15.4. The first-order valence-corrected chi connectivity index (χ1v) is 7.19. The van der Waals surface area contributed by atoms with Gasteiger partial charge in [-0.2, -0.15) is 0 Å². The third-order valence-electron chi connectivity index (χ3n) is 2.87. The van der Waals surface area contributed by atoms with Gasteiger partial charge in [-0.15, -0.1) is 0 Å². The van der Waals surface area contributed by atoms with Crippen LogP contribution >= 0.6 is 15.9 Å². The van der Waals surface area contributed by atoms with Crippen LogP contribution in [-0.2, 0) is 0 Å². The van der Waals surface area contributed by atoms with Gasteiger partial charge in [0.2, 0.25) is 0 Å². The highest BCUT2D eigenvalue weighted by molar-refractivity contribution is 9.10. The second-order valence-corrected chi connectivity index (χ2v) is 5.16. The standard InChI is InChI=1S/C14H21BrFNO/c1-4-6-13(17-7-5-2)10-8-11(15)12(16)9-14(10)18-3/h8-9,13,17H,4-7H2,1-3H3. The van der Waals surface area contributed by atoms with Crippen LogP contribution in [0, 0.1) is 5.82 Å². The smallest absolute Gasteiger partial charge is 0.141 e. The van der Waals surface area contributed by atoms with Crippen LogP contribution in [0.2, 0.25) is 0 Å². The summed E-state index contributed by atoms with van der Waals surface area (Å²) in [5, 5.41) is 3.48. The third kappa shape index (κ3) is 3.95. The fraction of sp³-hybridized carbons (Fsp3) is 0.571. The zero-order valence-corrected chi connectivity index (χ0v) is 12.8. The monoisotopic (exact) mass is 317 g/mol. The molecule has 2 nitrogen and oxygen atoms in total. The average molecular weight is 318 g/mol. The number of methoxy groups -OCH3 is 1. The molecule has 0 aliphatic heterocycles. The first-order chi connectivity index (χ1) is 8.63. The van der Waals surface area contributed by atoms with Gasteiger partial charge < -0.3 is 10.1 Å². The number of rotatable bonds is 7. The van der Waals surface area contributed by atoms with Gasteiger partial charge in [-0.05, 0) is 41.4 Å². The Morgan fingerprint density at radius 3 is 2.61 bits per heavy atom.